The maximum atomic E-state index is 14.6. The Balaban J connectivity index is 1.22. The van der Waals surface area contributed by atoms with Gasteiger partial charge in [-0.05, 0) is 76.3 Å². The fourth-order valence-corrected chi connectivity index (χ4v) is 6.88. The third kappa shape index (κ3) is 4.35. The van der Waals surface area contributed by atoms with E-state index in [-0.39, 0.29) is 11.8 Å². The van der Waals surface area contributed by atoms with Crippen molar-refractivity contribution in [2.45, 2.75) is 0 Å². The Kier molecular flexibility index (Phi) is 6.33. The first-order valence-corrected chi connectivity index (χ1v) is 15.7. The first kappa shape index (κ1) is 27.6. The third-order valence-electron chi connectivity index (χ3n) is 9.09. The second-order valence-electron chi connectivity index (χ2n) is 11.9. The van der Waals surface area contributed by atoms with Crippen molar-refractivity contribution in [2.24, 2.45) is 0 Å². The molecule has 8 aromatic rings. The number of imide groups is 1. The van der Waals surface area contributed by atoms with Crippen molar-refractivity contribution in [3.8, 4) is 39.1 Å². The van der Waals surface area contributed by atoms with E-state index < -0.39 is 0 Å². The average molecular weight is 619 g/mol. The molecule has 0 N–H and O–H groups in total. The van der Waals surface area contributed by atoms with Crippen molar-refractivity contribution in [1.82, 2.24) is 14.5 Å². The average Bonchev–Trinajstić information content (AvgIpc) is 3.62. The van der Waals surface area contributed by atoms with Gasteiger partial charge in [0.25, 0.3) is 11.8 Å². The number of carbonyl (C=O) groups excluding carboxylic acids is 2. The quantitative estimate of drug-likeness (QED) is 0.180. The summed E-state index contributed by atoms with van der Waals surface area (Å²) in [6, 6.07) is 45.9. The van der Waals surface area contributed by atoms with E-state index in [0.29, 0.717) is 22.5 Å². The van der Waals surface area contributed by atoms with E-state index in [1.165, 1.54) is 11.2 Å². The predicted molar refractivity (Wildman–Crippen MR) is 190 cm³/mol. The number of para-hydroxylation sites is 1. The van der Waals surface area contributed by atoms with Crippen LogP contribution in [0.3, 0.4) is 0 Å². The molecule has 48 heavy (non-hydrogen) atoms. The van der Waals surface area contributed by atoms with Gasteiger partial charge in [-0.2, -0.15) is 0 Å². The Morgan fingerprint density at radius 2 is 1.10 bits per heavy atom. The molecule has 226 valence electrons. The number of hydrogen-bond donors (Lipinski definition) is 0. The number of aromatic nitrogens is 3. The highest BCUT2D eigenvalue weighted by Gasteiger charge is 2.39. The molecule has 0 spiro atoms. The molecule has 0 fully saturated rings. The van der Waals surface area contributed by atoms with Crippen LogP contribution in [0.5, 0.6) is 0 Å². The minimum absolute atomic E-state index is 0.340. The van der Waals surface area contributed by atoms with Gasteiger partial charge in [0, 0.05) is 28.7 Å². The Bertz CT molecular complexity index is 2480. The highest BCUT2D eigenvalue weighted by Crippen LogP contribution is 2.40. The number of amides is 2. The van der Waals surface area contributed by atoms with Crippen molar-refractivity contribution in [3.05, 3.63) is 169 Å². The van der Waals surface area contributed by atoms with E-state index >= 15 is 0 Å². The lowest BCUT2D eigenvalue weighted by Crippen LogP contribution is -2.29. The molecule has 6 heteroatoms. The van der Waals surface area contributed by atoms with E-state index in [4.69, 9.17) is 0 Å². The van der Waals surface area contributed by atoms with E-state index in [2.05, 4.69) is 44.9 Å². The molecule has 0 aliphatic carbocycles. The maximum Gasteiger partial charge on any atom is 0.268 e. The maximum absolute atomic E-state index is 14.6. The molecular formula is C42H26N4O2. The molecule has 0 saturated heterocycles. The van der Waals surface area contributed by atoms with Crippen LogP contribution in [-0.4, -0.2) is 26.3 Å². The highest BCUT2D eigenvalue weighted by molar-refractivity contribution is 6.36. The lowest BCUT2D eigenvalue weighted by atomic mass is 9.97. The van der Waals surface area contributed by atoms with E-state index in [0.717, 1.165) is 55.2 Å². The van der Waals surface area contributed by atoms with Crippen molar-refractivity contribution >= 4 is 39.3 Å². The Morgan fingerprint density at radius 1 is 0.458 bits per heavy atom. The van der Waals surface area contributed by atoms with Gasteiger partial charge in [-0.25, -0.2) is 14.9 Å². The Morgan fingerprint density at radius 3 is 1.81 bits per heavy atom. The summed E-state index contributed by atoms with van der Waals surface area (Å²) in [5.74, 6) is -0.688. The molecule has 2 aromatic heterocycles. The van der Waals surface area contributed by atoms with Gasteiger partial charge in [0.1, 0.15) is 6.33 Å². The minimum atomic E-state index is -0.348. The summed E-state index contributed by atoms with van der Waals surface area (Å²) < 4.78 is 2.10. The topological polar surface area (TPSA) is 68.1 Å². The number of anilines is 1. The summed E-state index contributed by atoms with van der Waals surface area (Å²) in [6.45, 7) is 0. The van der Waals surface area contributed by atoms with Gasteiger partial charge >= 0.3 is 0 Å². The van der Waals surface area contributed by atoms with E-state index in [1.54, 1.807) is 18.5 Å². The smallest absolute Gasteiger partial charge is 0.268 e. The number of benzene rings is 6. The molecule has 6 nitrogen and oxygen atoms in total. The number of carbonyl (C=O) groups is 2. The van der Waals surface area contributed by atoms with Gasteiger partial charge in [0.2, 0.25) is 0 Å². The third-order valence-corrected chi connectivity index (χ3v) is 9.09. The van der Waals surface area contributed by atoms with Crippen molar-refractivity contribution in [1.29, 1.82) is 0 Å². The summed E-state index contributed by atoms with van der Waals surface area (Å²) in [5.41, 5.74) is 9.60. The van der Waals surface area contributed by atoms with Gasteiger partial charge in [0.05, 0.1) is 33.5 Å². The molecule has 9 rings (SSSR count). The number of fused-ring (bicyclic) bond motifs is 4. The van der Waals surface area contributed by atoms with Crippen molar-refractivity contribution in [2.75, 3.05) is 4.90 Å². The van der Waals surface area contributed by atoms with Crippen LogP contribution in [0.2, 0.25) is 0 Å². The van der Waals surface area contributed by atoms with Crippen LogP contribution in [0.25, 0.3) is 60.9 Å². The molecule has 1 aliphatic rings. The zero-order valence-corrected chi connectivity index (χ0v) is 25.6. The fraction of sp³-hybridized carbons (Fsp3) is 0. The van der Waals surface area contributed by atoms with Crippen LogP contribution >= 0.6 is 0 Å². The van der Waals surface area contributed by atoms with Crippen molar-refractivity contribution in [3.63, 3.8) is 0 Å². The first-order chi connectivity index (χ1) is 23.7. The van der Waals surface area contributed by atoms with E-state index in [9.17, 15) is 9.59 Å². The largest absolute Gasteiger partial charge is 0.308 e. The standard InChI is InChI=1S/C42H26N4O2/c47-41-35-15-9-17-39(46-37-16-8-7-14-34(37)36-23-29(18-19-38(36)46)32-24-43-26-44-25-32)40(35)42(48)45(41)33-21-30(27-10-3-1-4-11-27)20-31(22-33)28-12-5-2-6-13-28/h1-26H. The molecule has 2 amide bonds. The van der Waals surface area contributed by atoms with Gasteiger partial charge in [-0.15, -0.1) is 0 Å². The van der Waals surface area contributed by atoms with Gasteiger partial charge in [-0.1, -0.05) is 91.0 Å². The lowest BCUT2D eigenvalue weighted by molar-refractivity contribution is 0.0926. The first-order valence-electron chi connectivity index (χ1n) is 15.7. The Hall–Kier alpha value is -6.66. The van der Waals surface area contributed by atoms with Crippen LogP contribution in [-0.2, 0) is 0 Å². The fourth-order valence-electron chi connectivity index (χ4n) is 6.88. The van der Waals surface area contributed by atoms with Crippen LogP contribution in [0, 0.1) is 0 Å². The number of rotatable bonds is 5. The van der Waals surface area contributed by atoms with E-state index in [1.807, 2.05) is 103 Å². The van der Waals surface area contributed by atoms with Crippen LogP contribution in [0.1, 0.15) is 20.7 Å². The molecule has 0 radical (unpaired) electrons. The second kappa shape index (κ2) is 11.0. The summed E-state index contributed by atoms with van der Waals surface area (Å²) >= 11 is 0. The molecule has 0 bridgehead atoms. The van der Waals surface area contributed by atoms with Gasteiger partial charge in [-0.3, -0.25) is 9.59 Å². The number of nitrogens with zero attached hydrogens (tertiary/aromatic N) is 4. The van der Waals surface area contributed by atoms with Gasteiger partial charge in [0.15, 0.2) is 0 Å². The SMILES string of the molecule is O=C1c2cccc(-n3c4ccccc4c4cc(-c5cncnc5)ccc43)c2C(=O)N1c1cc(-c2ccccc2)cc(-c2ccccc2)c1. The van der Waals surface area contributed by atoms with Gasteiger partial charge < -0.3 is 4.57 Å². The summed E-state index contributed by atoms with van der Waals surface area (Å²) in [4.78, 5) is 38.6. The minimum Gasteiger partial charge on any atom is -0.308 e. The molecule has 6 aromatic carbocycles. The molecule has 1 aliphatic heterocycles. The monoisotopic (exact) mass is 618 g/mol. The van der Waals surface area contributed by atoms with Crippen molar-refractivity contribution < 1.29 is 9.59 Å². The zero-order chi connectivity index (χ0) is 32.2. The molecule has 3 heterocycles. The summed E-state index contributed by atoms with van der Waals surface area (Å²) in [6.07, 6.45) is 5.12. The number of hydrogen-bond acceptors (Lipinski definition) is 4. The lowest BCUT2D eigenvalue weighted by Gasteiger charge is -2.18. The second-order valence-corrected chi connectivity index (χ2v) is 11.9. The predicted octanol–water partition coefficient (Wildman–Crippen LogP) is 9.38. The molecule has 0 unspecified atom stereocenters. The highest BCUT2D eigenvalue weighted by atomic mass is 16.2. The summed E-state index contributed by atoms with van der Waals surface area (Å²) in [5, 5.41) is 2.07. The summed E-state index contributed by atoms with van der Waals surface area (Å²) in [7, 11) is 0. The molecule has 0 atom stereocenters. The molecular weight excluding hydrogens is 592 g/mol. The molecule has 0 saturated carbocycles. The van der Waals surface area contributed by atoms with Crippen LogP contribution in [0.4, 0.5) is 5.69 Å². The Labute approximate surface area is 276 Å². The normalized spacial score (nSPS) is 12.6. The van der Waals surface area contributed by atoms with Crippen LogP contribution < -0.4 is 4.90 Å². The van der Waals surface area contributed by atoms with Crippen LogP contribution in [0.15, 0.2) is 158 Å². The zero-order valence-electron chi connectivity index (χ0n) is 25.6.